The highest BCUT2D eigenvalue weighted by Crippen LogP contribution is 2.23. The van der Waals surface area contributed by atoms with E-state index in [1.54, 1.807) is 31.6 Å². The van der Waals surface area contributed by atoms with Crippen molar-refractivity contribution >= 4 is 34.0 Å². The Morgan fingerprint density at radius 2 is 1.90 bits per heavy atom. The number of hydrogen-bond acceptors (Lipinski definition) is 6. The van der Waals surface area contributed by atoms with Gasteiger partial charge in [0.15, 0.2) is 0 Å². The zero-order valence-corrected chi connectivity index (χ0v) is 16.4. The van der Waals surface area contributed by atoms with Crippen molar-refractivity contribution in [2.24, 2.45) is 0 Å². The van der Waals surface area contributed by atoms with Crippen LogP contribution in [0.5, 0.6) is 5.75 Å². The molecule has 0 radical (unpaired) electrons. The van der Waals surface area contributed by atoms with Crippen LogP contribution in [0, 0.1) is 0 Å². The van der Waals surface area contributed by atoms with Crippen molar-refractivity contribution in [3.63, 3.8) is 0 Å². The Hall–Kier alpha value is -4.13. The highest BCUT2D eigenvalue weighted by molar-refractivity contribution is 6.08. The number of nitrogens with one attached hydrogen (secondary N) is 2. The first-order valence-electron chi connectivity index (χ1n) is 9.41. The Morgan fingerprint density at radius 3 is 2.73 bits per heavy atom. The van der Waals surface area contributed by atoms with Gasteiger partial charge in [-0.05, 0) is 53.4 Å². The summed E-state index contributed by atoms with van der Waals surface area (Å²) in [6.45, 7) is 0.521. The quantitative estimate of drug-likeness (QED) is 0.451. The van der Waals surface area contributed by atoms with Gasteiger partial charge in [-0.2, -0.15) is 0 Å². The summed E-state index contributed by atoms with van der Waals surface area (Å²) in [6, 6.07) is 18.5. The number of nitrogens with two attached hydrogens (primary N) is 1. The van der Waals surface area contributed by atoms with Crippen LogP contribution in [0.3, 0.4) is 0 Å². The van der Waals surface area contributed by atoms with Crippen LogP contribution in [-0.2, 0) is 6.54 Å². The largest absolute Gasteiger partial charge is 0.497 e. The number of benzene rings is 2. The third-order valence-corrected chi connectivity index (χ3v) is 4.67. The number of aromatic nitrogens is 2. The number of ether oxygens (including phenoxy) is 1. The second kappa shape index (κ2) is 8.48. The molecule has 4 rings (SSSR count). The first kappa shape index (κ1) is 19.2. The minimum atomic E-state index is -0.243. The van der Waals surface area contributed by atoms with Gasteiger partial charge in [0, 0.05) is 30.0 Å². The number of amides is 1. The Balaban J connectivity index is 1.51. The van der Waals surface area contributed by atoms with Crippen molar-refractivity contribution in [1.82, 2.24) is 9.97 Å². The van der Waals surface area contributed by atoms with Gasteiger partial charge in [-0.25, -0.2) is 9.97 Å². The Bertz CT molecular complexity index is 1210. The Labute approximate surface area is 173 Å². The van der Waals surface area contributed by atoms with Crippen LogP contribution in [-0.4, -0.2) is 23.0 Å². The van der Waals surface area contributed by atoms with Crippen LogP contribution in [0.25, 0.3) is 10.8 Å². The normalized spacial score (nSPS) is 10.6. The number of para-hydroxylation sites is 1. The van der Waals surface area contributed by atoms with E-state index in [1.165, 1.54) is 0 Å². The number of anilines is 3. The Kier molecular flexibility index (Phi) is 5.43. The number of pyridine rings is 2. The molecule has 4 N–H and O–H groups in total. The van der Waals surface area contributed by atoms with E-state index in [1.807, 2.05) is 48.5 Å². The van der Waals surface area contributed by atoms with Crippen molar-refractivity contribution in [2.45, 2.75) is 6.54 Å². The molecule has 0 saturated carbocycles. The van der Waals surface area contributed by atoms with Crippen LogP contribution in [0.15, 0.2) is 73.1 Å². The fraction of sp³-hybridized carbons (Fsp3) is 0.0870. The molecular weight excluding hydrogens is 378 g/mol. The minimum Gasteiger partial charge on any atom is -0.497 e. The topological polar surface area (TPSA) is 102 Å². The lowest BCUT2D eigenvalue weighted by Crippen LogP contribution is -2.15. The van der Waals surface area contributed by atoms with E-state index < -0.39 is 0 Å². The van der Waals surface area contributed by atoms with Crippen LogP contribution in [0.1, 0.15) is 15.9 Å². The molecule has 4 aromatic rings. The SMILES string of the molecule is COc1ccc2cc(NC(=O)c3ccccc3NCc3ccnc(N)c3)ncc2c1. The minimum absolute atomic E-state index is 0.243. The van der Waals surface area contributed by atoms with E-state index in [2.05, 4.69) is 20.6 Å². The molecule has 0 saturated heterocycles. The molecule has 0 unspecified atom stereocenters. The van der Waals surface area contributed by atoms with E-state index >= 15 is 0 Å². The molecule has 0 atom stereocenters. The van der Waals surface area contributed by atoms with Crippen molar-refractivity contribution in [1.29, 1.82) is 0 Å². The first-order valence-corrected chi connectivity index (χ1v) is 9.41. The van der Waals surface area contributed by atoms with Crippen molar-refractivity contribution in [2.75, 3.05) is 23.5 Å². The van der Waals surface area contributed by atoms with Crippen molar-refractivity contribution in [3.8, 4) is 5.75 Å². The molecule has 150 valence electrons. The summed E-state index contributed by atoms with van der Waals surface area (Å²) in [4.78, 5) is 21.2. The van der Waals surface area contributed by atoms with Gasteiger partial charge in [-0.1, -0.05) is 18.2 Å². The van der Waals surface area contributed by atoms with Crippen LogP contribution < -0.4 is 21.1 Å². The molecule has 30 heavy (non-hydrogen) atoms. The molecular formula is C23H21N5O2. The number of methoxy groups -OCH3 is 1. The van der Waals surface area contributed by atoms with Gasteiger partial charge < -0.3 is 21.1 Å². The maximum absolute atomic E-state index is 12.9. The lowest BCUT2D eigenvalue weighted by molar-refractivity contribution is 0.102. The summed E-state index contributed by atoms with van der Waals surface area (Å²) >= 11 is 0. The summed E-state index contributed by atoms with van der Waals surface area (Å²) in [5, 5.41) is 8.06. The monoisotopic (exact) mass is 399 g/mol. The highest BCUT2D eigenvalue weighted by Gasteiger charge is 2.12. The molecule has 0 bridgehead atoms. The molecule has 0 aliphatic heterocycles. The summed E-state index contributed by atoms with van der Waals surface area (Å²) in [5.41, 5.74) is 7.95. The van der Waals surface area contributed by atoms with E-state index in [9.17, 15) is 4.79 Å². The molecule has 1 amide bonds. The predicted octanol–water partition coefficient (Wildman–Crippen LogP) is 4.09. The fourth-order valence-electron chi connectivity index (χ4n) is 3.14. The fourth-order valence-corrected chi connectivity index (χ4v) is 3.14. The summed E-state index contributed by atoms with van der Waals surface area (Å²) in [6.07, 6.45) is 3.37. The molecule has 2 heterocycles. The molecule has 2 aromatic carbocycles. The van der Waals surface area contributed by atoms with Gasteiger partial charge in [-0.3, -0.25) is 4.79 Å². The molecule has 0 aliphatic carbocycles. The zero-order valence-electron chi connectivity index (χ0n) is 16.4. The van der Waals surface area contributed by atoms with E-state index in [0.29, 0.717) is 23.7 Å². The molecule has 7 nitrogen and oxygen atoms in total. The average molecular weight is 399 g/mol. The van der Waals surface area contributed by atoms with Crippen LogP contribution in [0.2, 0.25) is 0 Å². The van der Waals surface area contributed by atoms with Gasteiger partial charge >= 0.3 is 0 Å². The number of carbonyl (C=O) groups is 1. The van der Waals surface area contributed by atoms with Crippen LogP contribution in [0.4, 0.5) is 17.3 Å². The van der Waals surface area contributed by atoms with Gasteiger partial charge in [0.25, 0.3) is 5.91 Å². The molecule has 0 fully saturated rings. The van der Waals surface area contributed by atoms with E-state index in [-0.39, 0.29) is 5.91 Å². The number of fused-ring (bicyclic) bond motifs is 1. The lowest BCUT2D eigenvalue weighted by atomic mass is 10.1. The molecule has 0 spiro atoms. The smallest absolute Gasteiger partial charge is 0.258 e. The molecule has 7 heteroatoms. The second-order valence-corrected chi connectivity index (χ2v) is 6.72. The van der Waals surface area contributed by atoms with Crippen molar-refractivity contribution in [3.05, 3.63) is 84.2 Å². The lowest BCUT2D eigenvalue weighted by Gasteiger charge is -2.12. The molecule has 2 aromatic heterocycles. The molecule has 0 aliphatic rings. The van der Waals surface area contributed by atoms with Gasteiger partial charge in [0.2, 0.25) is 0 Å². The number of rotatable bonds is 6. The average Bonchev–Trinajstić information content (AvgIpc) is 2.77. The van der Waals surface area contributed by atoms with E-state index in [4.69, 9.17) is 10.5 Å². The second-order valence-electron chi connectivity index (χ2n) is 6.72. The van der Waals surface area contributed by atoms with Crippen molar-refractivity contribution < 1.29 is 9.53 Å². The summed E-state index contributed by atoms with van der Waals surface area (Å²) in [7, 11) is 1.62. The maximum atomic E-state index is 12.9. The first-order chi connectivity index (χ1) is 14.6. The third kappa shape index (κ3) is 4.30. The predicted molar refractivity (Wildman–Crippen MR) is 119 cm³/mol. The summed E-state index contributed by atoms with van der Waals surface area (Å²) < 4.78 is 5.23. The van der Waals surface area contributed by atoms with Gasteiger partial charge in [-0.15, -0.1) is 0 Å². The number of nitrogens with zero attached hydrogens (tertiary/aromatic N) is 2. The highest BCUT2D eigenvalue weighted by atomic mass is 16.5. The zero-order chi connectivity index (χ0) is 20.9. The number of hydrogen-bond donors (Lipinski definition) is 3. The number of carbonyl (C=O) groups excluding carboxylic acids is 1. The third-order valence-electron chi connectivity index (χ3n) is 4.67. The van der Waals surface area contributed by atoms with E-state index in [0.717, 1.165) is 27.8 Å². The van der Waals surface area contributed by atoms with Gasteiger partial charge in [0.05, 0.1) is 12.7 Å². The van der Waals surface area contributed by atoms with Crippen LogP contribution >= 0.6 is 0 Å². The standard InChI is InChI=1S/C23H21N5O2/c1-30-18-7-6-16-12-22(27-14-17(16)11-18)28-23(29)19-4-2-3-5-20(19)26-13-15-8-9-25-21(24)10-15/h2-12,14,26H,13H2,1H3,(H2,24,25)(H,27,28,29). The van der Waals surface area contributed by atoms with Gasteiger partial charge in [0.1, 0.15) is 17.4 Å². The number of nitrogen functional groups attached to an aromatic ring is 1. The Morgan fingerprint density at radius 1 is 1.03 bits per heavy atom. The summed E-state index contributed by atoms with van der Waals surface area (Å²) in [5.74, 6) is 1.46. The maximum Gasteiger partial charge on any atom is 0.258 e.